The number of nitrogens with one attached hydrogen (secondary N) is 1. The van der Waals surface area contributed by atoms with Crippen LogP contribution in [0.15, 0.2) is 48.5 Å². The van der Waals surface area contributed by atoms with E-state index in [1.807, 2.05) is 30.3 Å². The Morgan fingerprint density at radius 1 is 1.18 bits per heavy atom. The van der Waals surface area contributed by atoms with Gasteiger partial charge in [0, 0.05) is 0 Å². The van der Waals surface area contributed by atoms with Crippen LogP contribution in [-0.2, 0) is 13.1 Å². The molecular formula is C18H20N3O+. The molecule has 1 aliphatic rings. The second-order valence-electron chi connectivity index (χ2n) is 5.93. The van der Waals surface area contributed by atoms with Crippen LogP contribution in [0.5, 0.6) is 0 Å². The molecule has 2 aromatic carbocycles. The van der Waals surface area contributed by atoms with Crippen molar-refractivity contribution < 1.29 is 9.67 Å². The van der Waals surface area contributed by atoms with Crippen molar-refractivity contribution in [2.75, 3.05) is 11.9 Å². The smallest absolute Gasteiger partial charge is 0.358 e. The molecule has 0 saturated carbocycles. The van der Waals surface area contributed by atoms with Crippen molar-refractivity contribution in [3.05, 3.63) is 59.7 Å². The molecule has 22 heavy (non-hydrogen) atoms. The maximum Gasteiger partial charge on any atom is 0.358 e. The lowest BCUT2D eigenvalue weighted by molar-refractivity contribution is -0.644. The molecule has 0 fully saturated rings. The largest absolute Gasteiger partial charge is 0.385 e. The summed E-state index contributed by atoms with van der Waals surface area (Å²) in [5, 5.41) is 14.1. The lowest BCUT2D eigenvalue weighted by atomic mass is 10.1. The van der Waals surface area contributed by atoms with Crippen molar-refractivity contribution in [2.24, 2.45) is 0 Å². The zero-order valence-electron chi connectivity index (χ0n) is 12.7. The second kappa shape index (κ2) is 5.14. The van der Waals surface area contributed by atoms with E-state index in [-0.39, 0.29) is 0 Å². The topological polar surface area (TPSA) is 41.1 Å². The highest BCUT2D eigenvalue weighted by molar-refractivity contribution is 5.74. The number of hydrogen-bond acceptors (Lipinski definition) is 2. The number of aliphatic hydroxyl groups excluding tert-OH is 1. The number of para-hydroxylation sites is 2. The Labute approximate surface area is 129 Å². The Kier molecular flexibility index (Phi) is 3.12. The molecule has 4 heteroatoms. The first-order valence-electron chi connectivity index (χ1n) is 7.73. The molecule has 2 heterocycles. The average Bonchev–Trinajstić information content (AvgIpc) is 3.11. The normalized spacial score (nSPS) is 14.8. The van der Waals surface area contributed by atoms with Crippen LogP contribution in [0, 0.1) is 6.92 Å². The lowest BCUT2D eigenvalue weighted by Crippen LogP contribution is -2.29. The van der Waals surface area contributed by atoms with E-state index in [1.54, 1.807) is 0 Å². The molecule has 4 rings (SSSR count). The van der Waals surface area contributed by atoms with E-state index in [2.05, 4.69) is 39.6 Å². The van der Waals surface area contributed by atoms with Crippen LogP contribution >= 0.6 is 0 Å². The number of hydrogen-bond donors (Lipinski definition) is 2. The minimum absolute atomic E-state index is 0.511. The van der Waals surface area contributed by atoms with Gasteiger partial charge in [-0.15, -0.1) is 0 Å². The van der Waals surface area contributed by atoms with Crippen molar-refractivity contribution in [3.63, 3.8) is 0 Å². The molecule has 2 N–H and O–H groups in total. The predicted molar refractivity (Wildman–Crippen MR) is 86.8 cm³/mol. The van der Waals surface area contributed by atoms with E-state index in [1.165, 1.54) is 11.1 Å². The Hall–Kier alpha value is -2.33. The van der Waals surface area contributed by atoms with Gasteiger partial charge in [0.2, 0.25) is 0 Å². The number of imidazole rings is 1. The van der Waals surface area contributed by atoms with Crippen LogP contribution in [0.2, 0.25) is 0 Å². The maximum atomic E-state index is 10.6. The van der Waals surface area contributed by atoms with Crippen LogP contribution in [0.4, 0.5) is 5.95 Å². The number of anilines is 1. The van der Waals surface area contributed by atoms with Crippen molar-refractivity contribution in [1.82, 2.24) is 4.57 Å². The molecule has 112 valence electrons. The zero-order chi connectivity index (χ0) is 15.1. The monoisotopic (exact) mass is 294 g/mol. The summed E-state index contributed by atoms with van der Waals surface area (Å²) >= 11 is 0. The first-order valence-corrected chi connectivity index (χ1v) is 7.73. The molecule has 0 amide bonds. The van der Waals surface area contributed by atoms with Gasteiger partial charge in [-0.1, -0.05) is 42.0 Å². The fraction of sp³-hybridized carbons (Fsp3) is 0.278. The number of aliphatic hydroxyl groups is 1. The van der Waals surface area contributed by atoms with Gasteiger partial charge in [-0.25, -0.2) is 9.13 Å². The first-order chi connectivity index (χ1) is 10.7. The summed E-state index contributed by atoms with van der Waals surface area (Å²) in [6, 6.07) is 16.5. The average molecular weight is 294 g/mol. The summed E-state index contributed by atoms with van der Waals surface area (Å²) in [7, 11) is 0. The van der Waals surface area contributed by atoms with Gasteiger partial charge in [0.05, 0.1) is 6.54 Å². The highest BCUT2D eigenvalue weighted by Gasteiger charge is 2.29. The maximum absolute atomic E-state index is 10.6. The van der Waals surface area contributed by atoms with E-state index >= 15 is 0 Å². The summed E-state index contributed by atoms with van der Waals surface area (Å²) in [5.74, 6) is 1.09. The Morgan fingerprint density at radius 3 is 2.77 bits per heavy atom. The molecule has 0 bridgehead atoms. The predicted octanol–water partition coefficient (Wildman–Crippen LogP) is 2.40. The van der Waals surface area contributed by atoms with Crippen molar-refractivity contribution >= 4 is 17.0 Å². The van der Waals surface area contributed by atoms with Crippen molar-refractivity contribution in [3.8, 4) is 0 Å². The van der Waals surface area contributed by atoms with Gasteiger partial charge in [-0.3, -0.25) is 5.32 Å². The van der Waals surface area contributed by atoms with Crippen LogP contribution in [0.1, 0.15) is 17.2 Å². The van der Waals surface area contributed by atoms with Gasteiger partial charge in [0.1, 0.15) is 30.2 Å². The number of fused-ring (bicyclic) bond motifs is 3. The van der Waals surface area contributed by atoms with E-state index in [9.17, 15) is 5.11 Å². The highest BCUT2D eigenvalue weighted by atomic mass is 16.3. The van der Waals surface area contributed by atoms with Crippen molar-refractivity contribution in [1.29, 1.82) is 0 Å². The Bertz CT molecular complexity index is 820. The number of aryl methyl sites for hydroxylation is 1. The van der Waals surface area contributed by atoms with Gasteiger partial charge in [-0.2, -0.15) is 0 Å². The van der Waals surface area contributed by atoms with Gasteiger partial charge in [0.15, 0.2) is 0 Å². The molecular weight excluding hydrogens is 274 g/mol. The number of rotatable bonds is 3. The third-order valence-electron chi connectivity index (χ3n) is 4.41. The summed E-state index contributed by atoms with van der Waals surface area (Å²) in [5.41, 5.74) is 4.55. The first kappa shape index (κ1) is 13.3. The summed E-state index contributed by atoms with van der Waals surface area (Å²) in [4.78, 5) is 0. The third kappa shape index (κ3) is 2.07. The molecule has 3 aromatic rings. The van der Waals surface area contributed by atoms with Crippen LogP contribution in [0.3, 0.4) is 0 Å². The third-order valence-corrected chi connectivity index (χ3v) is 4.41. The number of aromatic nitrogens is 2. The number of nitrogens with zero attached hydrogens (tertiary/aromatic N) is 2. The summed E-state index contributed by atoms with van der Waals surface area (Å²) in [6.07, 6.45) is -0.511. The molecule has 0 unspecified atom stereocenters. The molecule has 4 nitrogen and oxygen atoms in total. The van der Waals surface area contributed by atoms with Crippen LogP contribution in [-0.4, -0.2) is 16.2 Å². The minimum Gasteiger partial charge on any atom is -0.385 e. The van der Waals surface area contributed by atoms with E-state index in [0.29, 0.717) is 6.54 Å². The van der Waals surface area contributed by atoms with Gasteiger partial charge < -0.3 is 5.11 Å². The number of benzene rings is 2. The van der Waals surface area contributed by atoms with E-state index in [4.69, 9.17) is 0 Å². The fourth-order valence-electron chi connectivity index (χ4n) is 3.24. The Balaban J connectivity index is 1.74. The van der Waals surface area contributed by atoms with Crippen LogP contribution < -0.4 is 9.88 Å². The standard InChI is InChI=1S/C18H19N3O/c1-13-6-8-14(9-7-13)17(22)12-21-16-5-3-2-4-15(16)20-11-10-19-18(20)21/h2-9,17,22H,10-12H2,1H3/p+1/t17-/m0/s1. The zero-order valence-corrected chi connectivity index (χ0v) is 12.7. The molecule has 1 aromatic heterocycles. The fourth-order valence-corrected chi connectivity index (χ4v) is 3.24. The molecule has 1 aliphatic heterocycles. The summed E-state index contributed by atoms with van der Waals surface area (Å²) < 4.78 is 4.48. The van der Waals surface area contributed by atoms with E-state index < -0.39 is 6.10 Å². The van der Waals surface area contributed by atoms with Gasteiger partial charge in [0.25, 0.3) is 0 Å². The minimum atomic E-state index is -0.511. The lowest BCUT2D eigenvalue weighted by Gasteiger charge is -2.11. The van der Waals surface area contributed by atoms with E-state index in [0.717, 1.165) is 30.1 Å². The second-order valence-corrected chi connectivity index (χ2v) is 5.93. The Morgan fingerprint density at radius 2 is 1.95 bits per heavy atom. The van der Waals surface area contributed by atoms with Crippen molar-refractivity contribution in [2.45, 2.75) is 26.1 Å². The summed E-state index contributed by atoms with van der Waals surface area (Å²) in [6.45, 7) is 4.53. The molecule has 0 radical (unpaired) electrons. The molecule has 0 saturated heterocycles. The molecule has 0 spiro atoms. The SMILES string of the molecule is Cc1ccc([C@@H](O)Cn2c3[n+](c4ccccc42)CCN3)cc1. The van der Waals surface area contributed by atoms with Gasteiger partial charge >= 0.3 is 5.95 Å². The van der Waals surface area contributed by atoms with Gasteiger partial charge in [-0.05, 0) is 24.6 Å². The molecule has 1 atom stereocenters. The molecule has 0 aliphatic carbocycles. The van der Waals surface area contributed by atoms with Crippen LogP contribution in [0.25, 0.3) is 11.0 Å². The highest BCUT2D eigenvalue weighted by Crippen LogP contribution is 2.24. The quantitative estimate of drug-likeness (QED) is 0.728.